The number of hydrogen-bond donors (Lipinski definition) is 2. The highest BCUT2D eigenvalue weighted by atomic mass is 35.5. The zero-order chi connectivity index (χ0) is 19.1. The molecule has 0 fully saturated rings. The van der Waals surface area contributed by atoms with E-state index in [1.165, 1.54) is 0 Å². The van der Waals surface area contributed by atoms with E-state index in [4.69, 9.17) is 40.2 Å². The van der Waals surface area contributed by atoms with Gasteiger partial charge in [0.2, 0.25) is 0 Å². The molecular weight excluding hydrogens is 391 g/mol. The predicted octanol–water partition coefficient (Wildman–Crippen LogP) is 4.98. The lowest BCUT2D eigenvalue weighted by molar-refractivity contribution is 0.0976. The first kappa shape index (κ1) is 20.5. The molecule has 0 aromatic heterocycles. The number of hydrogen-bond acceptors (Lipinski definition) is 3. The number of rotatable bonds is 6. The standard InChI is InChI=1S/C19H20Cl2N2O2S/c1-3-12(2)25-16-6-4-5-13(9-16)18(24)23-19(26)22-11-14-7-8-15(20)10-17(14)21/h4-10,12H,3,11H2,1-2H3,(H2,22,23,24,26). The Balaban J connectivity index is 1.92. The molecule has 0 heterocycles. The number of carbonyl (C=O) groups is 1. The molecule has 0 bridgehead atoms. The molecule has 4 nitrogen and oxygen atoms in total. The Morgan fingerprint density at radius 1 is 1.23 bits per heavy atom. The second-order valence-corrected chi connectivity index (χ2v) is 6.99. The van der Waals surface area contributed by atoms with E-state index >= 15 is 0 Å². The number of ether oxygens (including phenoxy) is 1. The number of nitrogens with one attached hydrogen (secondary N) is 2. The van der Waals surface area contributed by atoms with Crippen LogP contribution in [0.1, 0.15) is 36.2 Å². The Morgan fingerprint density at radius 3 is 2.69 bits per heavy atom. The van der Waals surface area contributed by atoms with Crippen LogP contribution in [0, 0.1) is 0 Å². The van der Waals surface area contributed by atoms with Crippen molar-refractivity contribution in [1.82, 2.24) is 10.6 Å². The second kappa shape index (κ2) is 9.76. The van der Waals surface area contributed by atoms with Gasteiger partial charge >= 0.3 is 0 Å². The number of benzene rings is 2. The zero-order valence-electron chi connectivity index (χ0n) is 14.5. The van der Waals surface area contributed by atoms with E-state index in [-0.39, 0.29) is 17.1 Å². The molecule has 0 aliphatic heterocycles. The summed E-state index contributed by atoms with van der Waals surface area (Å²) in [6.07, 6.45) is 0.970. The average Bonchev–Trinajstić information content (AvgIpc) is 2.61. The fourth-order valence-electron chi connectivity index (χ4n) is 2.09. The summed E-state index contributed by atoms with van der Waals surface area (Å²) < 4.78 is 5.73. The lowest BCUT2D eigenvalue weighted by atomic mass is 10.2. The largest absolute Gasteiger partial charge is 0.491 e. The highest BCUT2D eigenvalue weighted by molar-refractivity contribution is 7.80. The van der Waals surface area contributed by atoms with Crippen LogP contribution >= 0.6 is 35.4 Å². The molecule has 0 spiro atoms. The summed E-state index contributed by atoms with van der Waals surface area (Å²) in [5, 5.41) is 6.92. The van der Waals surface area contributed by atoms with Crippen molar-refractivity contribution in [2.45, 2.75) is 32.9 Å². The normalized spacial score (nSPS) is 11.5. The van der Waals surface area contributed by atoms with Gasteiger partial charge in [0.15, 0.2) is 5.11 Å². The fourth-order valence-corrected chi connectivity index (χ4v) is 2.73. The smallest absolute Gasteiger partial charge is 0.257 e. The van der Waals surface area contributed by atoms with Crippen molar-refractivity contribution >= 4 is 46.4 Å². The minimum atomic E-state index is -0.306. The summed E-state index contributed by atoms with van der Waals surface area (Å²) in [7, 11) is 0. The van der Waals surface area contributed by atoms with Gasteiger partial charge in [-0.05, 0) is 61.5 Å². The summed E-state index contributed by atoms with van der Waals surface area (Å²) in [6, 6.07) is 12.2. The van der Waals surface area contributed by atoms with Crippen molar-refractivity contribution in [3.63, 3.8) is 0 Å². The molecule has 0 saturated heterocycles. The molecule has 1 atom stereocenters. The van der Waals surface area contributed by atoms with Gasteiger partial charge in [-0.1, -0.05) is 42.3 Å². The molecule has 2 rings (SSSR count). The summed E-state index contributed by atoms with van der Waals surface area (Å²) in [5.74, 6) is 0.345. The first-order valence-electron chi connectivity index (χ1n) is 8.19. The summed E-state index contributed by atoms with van der Waals surface area (Å²) in [6.45, 7) is 4.40. The molecule has 0 aliphatic carbocycles. The predicted molar refractivity (Wildman–Crippen MR) is 110 cm³/mol. The molecule has 2 aromatic carbocycles. The molecule has 26 heavy (non-hydrogen) atoms. The van der Waals surface area contributed by atoms with Gasteiger partial charge in [-0.2, -0.15) is 0 Å². The molecule has 1 amide bonds. The Kier molecular flexibility index (Phi) is 7.69. The Morgan fingerprint density at radius 2 is 2.00 bits per heavy atom. The molecule has 2 N–H and O–H groups in total. The monoisotopic (exact) mass is 410 g/mol. The van der Waals surface area contributed by atoms with Crippen molar-refractivity contribution in [3.05, 3.63) is 63.6 Å². The highest BCUT2D eigenvalue weighted by Gasteiger charge is 2.10. The van der Waals surface area contributed by atoms with Crippen molar-refractivity contribution < 1.29 is 9.53 Å². The Bertz CT molecular complexity index is 799. The maximum Gasteiger partial charge on any atom is 0.257 e. The van der Waals surface area contributed by atoms with Crippen LogP contribution in [-0.4, -0.2) is 17.1 Å². The van der Waals surface area contributed by atoms with Crippen LogP contribution in [0.5, 0.6) is 5.75 Å². The summed E-state index contributed by atoms with van der Waals surface area (Å²) in [4.78, 5) is 12.3. The molecule has 7 heteroatoms. The van der Waals surface area contributed by atoms with Crippen LogP contribution in [0.2, 0.25) is 10.0 Å². The van der Waals surface area contributed by atoms with Gasteiger partial charge in [0.1, 0.15) is 5.75 Å². The molecule has 2 aromatic rings. The van der Waals surface area contributed by atoms with E-state index in [0.29, 0.717) is 27.9 Å². The van der Waals surface area contributed by atoms with E-state index in [9.17, 15) is 4.79 Å². The van der Waals surface area contributed by atoms with Crippen LogP contribution in [0.15, 0.2) is 42.5 Å². The average molecular weight is 411 g/mol. The molecule has 0 aliphatic rings. The van der Waals surface area contributed by atoms with Crippen LogP contribution < -0.4 is 15.4 Å². The third kappa shape index (κ3) is 6.16. The highest BCUT2D eigenvalue weighted by Crippen LogP contribution is 2.20. The van der Waals surface area contributed by atoms with Gasteiger partial charge in [0.05, 0.1) is 6.10 Å². The number of carbonyl (C=O) groups excluding carboxylic acids is 1. The van der Waals surface area contributed by atoms with Gasteiger partial charge in [0.25, 0.3) is 5.91 Å². The Labute approximate surface area is 168 Å². The van der Waals surface area contributed by atoms with Crippen LogP contribution in [0.25, 0.3) is 0 Å². The van der Waals surface area contributed by atoms with Crippen LogP contribution in [0.3, 0.4) is 0 Å². The van der Waals surface area contributed by atoms with Gasteiger partial charge in [0, 0.05) is 22.2 Å². The zero-order valence-corrected chi connectivity index (χ0v) is 16.8. The van der Waals surface area contributed by atoms with Gasteiger partial charge in [-0.3, -0.25) is 10.1 Å². The third-order valence-electron chi connectivity index (χ3n) is 3.69. The van der Waals surface area contributed by atoms with E-state index < -0.39 is 0 Å². The maximum absolute atomic E-state index is 12.3. The second-order valence-electron chi connectivity index (χ2n) is 5.74. The minimum Gasteiger partial charge on any atom is -0.491 e. The fraction of sp³-hybridized carbons (Fsp3) is 0.263. The molecule has 0 saturated carbocycles. The lowest BCUT2D eigenvalue weighted by Crippen LogP contribution is -2.38. The number of amides is 1. The molecule has 1 unspecified atom stereocenters. The van der Waals surface area contributed by atoms with Gasteiger partial charge in [-0.25, -0.2) is 0 Å². The quantitative estimate of drug-likeness (QED) is 0.659. The van der Waals surface area contributed by atoms with E-state index in [0.717, 1.165) is 12.0 Å². The Hall–Kier alpha value is -1.82. The third-order valence-corrected chi connectivity index (χ3v) is 4.52. The topological polar surface area (TPSA) is 50.4 Å². The number of halogens is 2. The summed E-state index contributed by atoms with van der Waals surface area (Å²) >= 11 is 17.2. The first-order valence-corrected chi connectivity index (χ1v) is 9.35. The molecular formula is C19H20Cl2N2O2S. The molecule has 0 radical (unpaired) electrons. The lowest BCUT2D eigenvalue weighted by Gasteiger charge is -2.14. The SMILES string of the molecule is CCC(C)Oc1cccc(C(=O)NC(=S)NCc2ccc(Cl)cc2Cl)c1. The van der Waals surface area contributed by atoms with E-state index in [1.807, 2.05) is 19.9 Å². The van der Waals surface area contributed by atoms with E-state index in [2.05, 4.69) is 10.6 Å². The van der Waals surface area contributed by atoms with Crippen LogP contribution in [-0.2, 0) is 6.54 Å². The van der Waals surface area contributed by atoms with Gasteiger partial charge in [-0.15, -0.1) is 0 Å². The van der Waals surface area contributed by atoms with E-state index in [1.54, 1.807) is 36.4 Å². The molecule has 138 valence electrons. The van der Waals surface area contributed by atoms with Crippen molar-refractivity contribution in [1.29, 1.82) is 0 Å². The summed E-state index contributed by atoms with van der Waals surface area (Å²) in [5.41, 5.74) is 1.30. The number of thiocarbonyl (C=S) groups is 1. The van der Waals surface area contributed by atoms with Crippen molar-refractivity contribution in [2.24, 2.45) is 0 Å². The van der Waals surface area contributed by atoms with Crippen LogP contribution in [0.4, 0.5) is 0 Å². The first-order chi connectivity index (χ1) is 12.4. The van der Waals surface area contributed by atoms with Crippen molar-refractivity contribution in [3.8, 4) is 5.75 Å². The van der Waals surface area contributed by atoms with Crippen molar-refractivity contribution in [2.75, 3.05) is 0 Å². The van der Waals surface area contributed by atoms with Gasteiger partial charge < -0.3 is 10.1 Å². The maximum atomic E-state index is 12.3. The minimum absolute atomic E-state index is 0.0835.